The van der Waals surface area contributed by atoms with Gasteiger partial charge in [-0.3, -0.25) is 9.45 Å². The molecule has 1 heterocycles. The summed E-state index contributed by atoms with van der Waals surface area (Å²) in [5.41, 5.74) is 2.03. The molecule has 194 valence electrons. The summed E-state index contributed by atoms with van der Waals surface area (Å²) in [6, 6.07) is 6.55. The maximum Gasteiger partial charge on any atom is 0.261 e. The van der Waals surface area contributed by atoms with Crippen molar-refractivity contribution in [2.75, 3.05) is 19.3 Å². The molecule has 1 aliphatic heterocycles. The molecule has 34 heavy (non-hydrogen) atoms. The second-order valence-corrected chi connectivity index (χ2v) is 14.2. The number of piperidine rings is 1. The van der Waals surface area contributed by atoms with Crippen molar-refractivity contribution in [3.05, 3.63) is 29.3 Å². The largest absolute Gasteiger partial charge is 0.508 e. The molecule has 4 rings (SSSR count). The first kappa shape index (κ1) is 27.4. The summed E-state index contributed by atoms with van der Waals surface area (Å²) in [5.74, 6) is 1.27. The zero-order chi connectivity index (χ0) is 25.7. The highest BCUT2D eigenvalue weighted by Gasteiger charge is 2.59. The molecule has 2 aliphatic carbocycles. The standard InChI is InChI=1S/C26H41NO2.CH4O3S/c1-23(2,3)26(6,29)12-11-25(5)22-15-19-9-10-20(28)16-21(19)24(25,4)13-14-27(22)17-18-7-8-18;1-5(2,3)4/h9-10,16,18,22,28-29H,7-8,11-15,17H2,1-6H3;1H3,(H,2,3,4)/t22-,24-,25-,26?;/m1./s1. The maximum atomic E-state index is 11.3. The molecular formula is C27H45NO5S. The molecule has 1 aromatic rings. The van der Waals surface area contributed by atoms with Crippen LogP contribution in [0.25, 0.3) is 0 Å². The fourth-order valence-corrected chi connectivity index (χ4v) is 6.01. The van der Waals surface area contributed by atoms with Gasteiger partial charge in [0.2, 0.25) is 0 Å². The molecule has 2 bridgehead atoms. The van der Waals surface area contributed by atoms with Gasteiger partial charge in [0.1, 0.15) is 5.75 Å². The van der Waals surface area contributed by atoms with E-state index in [4.69, 9.17) is 4.55 Å². The fraction of sp³-hybridized carbons (Fsp3) is 0.778. The second kappa shape index (κ2) is 9.06. The molecule has 1 aromatic carbocycles. The molecule has 3 aliphatic rings. The summed E-state index contributed by atoms with van der Waals surface area (Å²) < 4.78 is 25.9. The van der Waals surface area contributed by atoms with E-state index in [0.717, 1.165) is 38.1 Å². The SMILES string of the molecule is CC(C)(C)C(C)(O)CC[C@]1(C)[C@H]2Cc3ccc(O)cc3[C@@]1(C)CCN2CC1CC1.CS(=O)(=O)O. The van der Waals surface area contributed by atoms with Crippen molar-refractivity contribution in [1.29, 1.82) is 0 Å². The molecule has 1 unspecified atom stereocenters. The monoisotopic (exact) mass is 495 g/mol. The van der Waals surface area contributed by atoms with Gasteiger partial charge in [-0.25, -0.2) is 0 Å². The highest BCUT2D eigenvalue weighted by Crippen LogP contribution is 2.60. The van der Waals surface area contributed by atoms with Gasteiger partial charge in [0, 0.05) is 18.0 Å². The molecule has 4 atom stereocenters. The molecule has 1 saturated carbocycles. The van der Waals surface area contributed by atoms with Gasteiger partial charge in [-0.2, -0.15) is 8.42 Å². The molecule has 2 fully saturated rings. The maximum absolute atomic E-state index is 11.3. The lowest BCUT2D eigenvalue weighted by Crippen LogP contribution is -2.65. The van der Waals surface area contributed by atoms with Crippen LogP contribution in [0, 0.1) is 16.7 Å². The minimum absolute atomic E-state index is 0.0258. The molecule has 3 N–H and O–H groups in total. The Morgan fingerprint density at radius 1 is 1.15 bits per heavy atom. The highest BCUT2D eigenvalue weighted by molar-refractivity contribution is 7.85. The average Bonchev–Trinajstić information content (AvgIpc) is 3.48. The third kappa shape index (κ3) is 5.63. The minimum Gasteiger partial charge on any atom is -0.508 e. The Kier molecular flexibility index (Phi) is 7.31. The van der Waals surface area contributed by atoms with Gasteiger partial charge in [0.05, 0.1) is 11.9 Å². The van der Waals surface area contributed by atoms with Crippen LogP contribution in [0.5, 0.6) is 5.75 Å². The summed E-state index contributed by atoms with van der Waals surface area (Å²) in [7, 11) is -3.67. The van der Waals surface area contributed by atoms with Crippen molar-refractivity contribution in [3.8, 4) is 5.75 Å². The van der Waals surface area contributed by atoms with Gasteiger partial charge >= 0.3 is 0 Å². The van der Waals surface area contributed by atoms with E-state index in [-0.39, 0.29) is 16.2 Å². The third-order valence-electron chi connectivity index (χ3n) is 9.37. The van der Waals surface area contributed by atoms with E-state index in [1.54, 1.807) is 0 Å². The van der Waals surface area contributed by atoms with Crippen molar-refractivity contribution in [3.63, 3.8) is 0 Å². The number of phenolic OH excluding ortho intramolecular Hbond substituents is 1. The van der Waals surface area contributed by atoms with E-state index in [0.29, 0.717) is 18.0 Å². The number of aromatic hydroxyl groups is 1. The molecule has 0 aromatic heterocycles. The quantitative estimate of drug-likeness (QED) is 0.509. The van der Waals surface area contributed by atoms with Crippen molar-refractivity contribution >= 4 is 10.1 Å². The molecule has 0 radical (unpaired) electrons. The summed E-state index contributed by atoms with van der Waals surface area (Å²) in [6.45, 7) is 15.7. The number of fused-ring (bicyclic) bond motifs is 4. The first-order chi connectivity index (χ1) is 15.4. The zero-order valence-corrected chi connectivity index (χ0v) is 22.9. The first-order valence-corrected chi connectivity index (χ1v) is 14.4. The Hall–Kier alpha value is -1.15. The van der Waals surface area contributed by atoms with Crippen LogP contribution in [-0.2, 0) is 22.0 Å². The van der Waals surface area contributed by atoms with E-state index in [1.807, 2.05) is 19.1 Å². The van der Waals surface area contributed by atoms with Crippen molar-refractivity contribution in [1.82, 2.24) is 4.90 Å². The lowest BCUT2D eigenvalue weighted by atomic mass is 9.48. The number of aliphatic hydroxyl groups is 1. The van der Waals surface area contributed by atoms with Crippen LogP contribution in [0.4, 0.5) is 0 Å². The van der Waals surface area contributed by atoms with Crippen LogP contribution in [0.15, 0.2) is 18.2 Å². The van der Waals surface area contributed by atoms with Crippen molar-refractivity contribution in [2.45, 2.75) is 97.1 Å². The average molecular weight is 496 g/mol. The van der Waals surface area contributed by atoms with Gasteiger partial charge in [-0.15, -0.1) is 0 Å². The Balaban J connectivity index is 0.000000588. The van der Waals surface area contributed by atoms with E-state index >= 15 is 0 Å². The smallest absolute Gasteiger partial charge is 0.261 e. The molecule has 0 amide bonds. The minimum atomic E-state index is -3.67. The first-order valence-electron chi connectivity index (χ1n) is 12.6. The van der Waals surface area contributed by atoms with E-state index in [9.17, 15) is 18.6 Å². The lowest BCUT2D eigenvalue weighted by Gasteiger charge is -2.63. The number of hydrogen-bond donors (Lipinski definition) is 3. The van der Waals surface area contributed by atoms with Crippen LogP contribution in [0.1, 0.15) is 84.8 Å². The molecule has 6 nitrogen and oxygen atoms in total. The molecular weight excluding hydrogens is 450 g/mol. The van der Waals surface area contributed by atoms with Gasteiger partial charge in [0.15, 0.2) is 0 Å². The number of likely N-dealkylation sites (tertiary alicyclic amines) is 1. The fourth-order valence-electron chi connectivity index (χ4n) is 6.01. The van der Waals surface area contributed by atoms with Crippen LogP contribution in [0.3, 0.4) is 0 Å². The van der Waals surface area contributed by atoms with Gasteiger partial charge < -0.3 is 10.2 Å². The Labute approximate surface area is 206 Å². The van der Waals surface area contributed by atoms with E-state index in [2.05, 4.69) is 45.6 Å². The lowest BCUT2D eigenvalue weighted by molar-refractivity contribution is -0.0942. The normalized spacial score (nSPS) is 31.1. The van der Waals surface area contributed by atoms with Crippen LogP contribution in [0.2, 0.25) is 0 Å². The highest BCUT2D eigenvalue weighted by atomic mass is 32.2. The van der Waals surface area contributed by atoms with Gasteiger partial charge in [-0.05, 0) is 92.0 Å². The van der Waals surface area contributed by atoms with Gasteiger partial charge in [0.25, 0.3) is 10.1 Å². The summed E-state index contributed by atoms with van der Waals surface area (Å²) >= 11 is 0. The summed E-state index contributed by atoms with van der Waals surface area (Å²) in [6.07, 6.45) is 7.50. The predicted molar refractivity (Wildman–Crippen MR) is 137 cm³/mol. The Morgan fingerprint density at radius 2 is 1.74 bits per heavy atom. The van der Waals surface area contributed by atoms with E-state index in [1.165, 1.54) is 30.5 Å². The zero-order valence-electron chi connectivity index (χ0n) is 22.1. The van der Waals surface area contributed by atoms with Crippen molar-refractivity contribution in [2.24, 2.45) is 16.7 Å². The number of phenols is 1. The topological polar surface area (TPSA) is 98.1 Å². The predicted octanol–water partition coefficient (Wildman–Crippen LogP) is 4.78. The third-order valence-corrected chi connectivity index (χ3v) is 9.37. The number of rotatable bonds is 5. The summed E-state index contributed by atoms with van der Waals surface area (Å²) in [5, 5.41) is 21.5. The summed E-state index contributed by atoms with van der Waals surface area (Å²) in [4.78, 5) is 2.78. The van der Waals surface area contributed by atoms with Crippen LogP contribution >= 0.6 is 0 Å². The number of benzene rings is 1. The van der Waals surface area contributed by atoms with Crippen LogP contribution in [-0.4, -0.2) is 59.1 Å². The number of hydrogen-bond acceptors (Lipinski definition) is 5. The molecule has 1 saturated heterocycles. The Morgan fingerprint density at radius 3 is 2.26 bits per heavy atom. The van der Waals surface area contributed by atoms with E-state index < -0.39 is 15.7 Å². The Bertz CT molecular complexity index is 987. The molecule has 0 spiro atoms. The number of nitrogens with zero attached hydrogens (tertiary/aromatic N) is 1. The van der Waals surface area contributed by atoms with Gasteiger partial charge in [-0.1, -0.05) is 40.7 Å². The molecule has 7 heteroatoms. The second-order valence-electron chi connectivity index (χ2n) is 12.8. The van der Waals surface area contributed by atoms with Crippen LogP contribution < -0.4 is 0 Å². The van der Waals surface area contributed by atoms with Crippen molar-refractivity contribution < 1.29 is 23.2 Å².